The lowest BCUT2D eigenvalue weighted by Gasteiger charge is -2.19. The number of hydrogen-bond donors (Lipinski definition) is 2. The summed E-state index contributed by atoms with van der Waals surface area (Å²) in [6.07, 6.45) is 3.63. The van der Waals surface area contributed by atoms with Crippen molar-refractivity contribution >= 4 is 41.0 Å². The lowest BCUT2D eigenvalue weighted by molar-refractivity contribution is 0.0636. The van der Waals surface area contributed by atoms with Gasteiger partial charge >= 0.3 is 6.09 Å². The average molecular weight is 379 g/mol. The Hall–Kier alpha value is -1.79. The number of ether oxygens (including phenoxy) is 1. The van der Waals surface area contributed by atoms with Crippen LogP contribution in [0, 0.1) is 0 Å². The molecule has 0 heterocycles. The van der Waals surface area contributed by atoms with Crippen molar-refractivity contribution in [1.82, 2.24) is 0 Å². The van der Waals surface area contributed by atoms with Crippen molar-refractivity contribution in [2.75, 3.05) is 23.6 Å². The molecule has 0 saturated carbocycles. The van der Waals surface area contributed by atoms with Crippen LogP contribution in [-0.4, -0.2) is 24.2 Å². The van der Waals surface area contributed by atoms with E-state index in [9.17, 15) is 4.79 Å². The van der Waals surface area contributed by atoms with Gasteiger partial charge in [-0.1, -0.05) is 0 Å². The van der Waals surface area contributed by atoms with Gasteiger partial charge < -0.3 is 10.5 Å². The highest BCUT2D eigenvalue weighted by Crippen LogP contribution is 2.18. The zero-order valence-electron chi connectivity index (χ0n) is 15.3. The summed E-state index contributed by atoms with van der Waals surface area (Å²) >= 11 is 3.38. The van der Waals surface area contributed by atoms with Crippen LogP contribution in [0.3, 0.4) is 0 Å². The first-order valence-corrected chi connectivity index (χ1v) is 10.2. The molecular formula is C19H26N2O2S2. The first-order valence-electron chi connectivity index (χ1n) is 7.77. The molecule has 2 aromatic rings. The Kier molecular flexibility index (Phi) is 8.72. The minimum absolute atomic E-state index is 0.426. The topological polar surface area (TPSA) is 64.3 Å². The third-order valence-corrected chi connectivity index (χ3v) is 4.34. The van der Waals surface area contributed by atoms with E-state index in [0.29, 0.717) is 0 Å². The highest BCUT2D eigenvalue weighted by molar-refractivity contribution is 7.98. The summed E-state index contributed by atoms with van der Waals surface area (Å²) in [6.45, 7) is 5.51. The number of amides is 1. The quantitative estimate of drug-likeness (QED) is 0.526. The molecule has 2 aromatic carbocycles. The van der Waals surface area contributed by atoms with Gasteiger partial charge in [0.25, 0.3) is 0 Å². The molecule has 0 aliphatic rings. The van der Waals surface area contributed by atoms with Crippen LogP contribution in [0.2, 0.25) is 0 Å². The molecule has 0 atom stereocenters. The Bertz CT molecular complexity index is 651. The van der Waals surface area contributed by atoms with Gasteiger partial charge in [-0.3, -0.25) is 5.32 Å². The molecule has 0 saturated heterocycles. The number of anilines is 2. The van der Waals surface area contributed by atoms with E-state index in [1.165, 1.54) is 4.90 Å². The van der Waals surface area contributed by atoms with Crippen LogP contribution >= 0.6 is 23.5 Å². The number of nitrogens with one attached hydrogen (secondary N) is 1. The van der Waals surface area contributed by atoms with E-state index >= 15 is 0 Å². The summed E-state index contributed by atoms with van der Waals surface area (Å²) in [5.74, 6) is 0. The molecule has 0 radical (unpaired) electrons. The van der Waals surface area contributed by atoms with Gasteiger partial charge in [0.15, 0.2) is 0 Å². The van der Waals surface area contributed by atoms with Crippen molar-refractivity contribution in [2.45, 2.75) is 36.2 Å². The molecule has 25 heavy (non-hydrogen) atoms. The number of rotatable bonds is 3. The van der Waals surface area contributed by atoms with E-state index in [4.69, 9.17) is 10.5 Å². The van der Waals surface area contributed by atoms with Crippen molar-refractivity contribution in [3.8, 4) is 0 Å². The first kappa shape index (κ1) is 21.3. The van der Waals surface area contributed by atoms with Crippen LogP contribution in [-0.2, 0) is 4.74 Å². The number of thioether (sulfide) groups is 2. The molecule has 0 aliphatic carbocycles. The van der Waals surface area contributed by atoms with Crippen molar-refractivity contribution in [3.63, 3.8) is 0 Å². The number of nitrogen functional groups attached to an aromatic ring is 1. The van der Waals surface area contributed by atoms with Gasteiger partial charge in [0, 0.05) is 21.2 Å². The van der Waals surface area contributed by atoms with Gasteiger partial charge in [0.2, 0.25) is 0 Å². The maximum absolute atomic E-state index is 11.4. The third kappa shape index (κ3) is 9.31. The minimum Gasteiger partial charge on any atom is -0.444 e. The van der Waals surface area contributed by atoms with E-state index in [-0.39, 0.29) is 0 Å². The molecule has 3 N–H and O–H groups in total. The van der Waals surface area contributed by atoms with Gasteiger partial charge in [-0.15, -0.1) is 23.5 Å². The second-order valence-corrected chi connectivity index (χ2v) is 7.89. The molecule has 0 bridgehead atoms. The fourth-order valence-electron chi connectivity index (χ4n) is 1.70. The molecule has 6 heteroatoms. The molecule has 0 unspecified atom stereocenters. The highest BCUT2D eigenvalue weighted by atomic mass is 32.2. The number of benzene rings is 2. The predicted octanol–water partition coefficient (Wildman–Crippen LogP) is 5.75. The monoisotopic (exact) mass is 378 g/mol. The summed E-state index contributed by atoms with van der Waals surface area (Å²) in [6, 6.07) is 15.5. The van der Waals surface area contributed by atoms with Crippen LogP contribution in [0.5, 0.6) is 0 Å². The second kappa shape index (κ2) is 10.3. The second-order valence-electron chi connectivity index (χ2n) is 6.13. The maximum Gasteiger partial charge on any atom is 0.412 e. The minimum atomic E-state index is -0.469. The maximum atomic E-state index is 11.4. The first-order chi connectivity index (χ1) is 11.7. The van der Waals surface area contributed by atoms with E-state index in [2.05, 4.69) is 5.32 Å². The molecular weight excluding hydrogens is 352 g/mol. The van der Waals surface area contributed by atoms with Crippen LogP contribution in [0.25, 0.3) is 0 Å². The van der Waals surface area contributed by atoms with Crippen molar-refractivity contribution in [3.05, 3.63) is 48.5 Å². The number of carbonyl (C=O) groups is 1. The molecule has 0 aliphatic heterocycles. The molecule has 136 valence electrons. The zero-order valence-corrected chi connectivity index (χ0v) is 17.0. The standard InChI is InChI=1S/C12H17NO2S.C7H9NS/c1-12(2,3)15-11(14)13-9-5-7-10(16-4)8-6-9;1-9-7-4-2-6(8)3-5-7/h5-8H,1-4H3,(H,13,14);2-5H,8H2,1H3. The largest absolute Gasteiger partial charge is 0.444 e. The normalized spacial score (nSPS) is 10.4. The molecule has 4 nitrogen and oxygen atoms in total. The van der Waals surface area contributed by atoms with E-state index in [0.717, 1.165) is 16.3 Å². The Morgan fingerprint density at radius 2 is 1.36 bits per heavy atom. The lowest BCUT2D eigenvalue weighted by Crippen LogP contribution is -2.27. The van der Waals surface area contributed by atoms with Gasteiger partial charge in [0.1, 0.15) is 5.60 Å². The van der Waals surface area contributed by atoms with Gasteiger partial charge in [-0.2, -0.15) is 0 Å². The van der Waals surface area contributed by atoms with E-state index in [1.807, 2.05) is 81.8 Å². The summed E-state index contributed by atoms with van der Waals surface area (Å²) in [5.41, 5.74) is 6.57. The van der Waals surface area contributed by atoms with Crippen molar-refractivity contribution in [2.24, 2.45) is 0 Å². The summed E-state index contributed by atoms with van der Waals surface area (Å²) in [5, 5.41) is 2.68. The number of carbonyl (C=O) groups excluding carboxylic acids is 1. The van der Waals surface area contributed by atoms with Crippen LogP contribution in [0.1, 0.15) is 20.8 Å². The summed E-state index contributed by atoms with van der Waals surface area (Å²) in [7, 11) is 0. The van der Waals surface area contributed by atoms with Crippen molar-refractivity contribution < 1.29 is 9.53 Å². The highest BCUT2D eigenvalue weighted by Gasteiger charge is 2.15. The van der Waals surface area contributed by atoms with Gasteiger partial charge in [-0.05, 0) is 81.8 Å². The third-order valence-electron chi connectivity index (χ3n) is 2.85. The van der Waals surface area contributed by atoms with Crippen LogP contribution < -0.4 is 11.1 Å². The smallest absolute Gasteiger partial charge is 0.412 e. The lowest BCUT2D eigenvalue weighted by atomic mass is 10.2. The molecule has 2 rings (SSSR count). The molecule has 1 amide bonds. The van der Waals surface area contributed by atoms with E-state index in [1.54, 1.807) is 23.5 Å². The summed E-state index contributed by atoms with van der Waals surface area (Å²) in [4.78, 5) is 13.9. The van der Waals surface area contributed by atoms with Crippen molar-refractivity contribution in [1.29, 1.82) is 0 Å². The van der Waals surface area contributed by atoms with Gasteiger partial charge in [0.05, 0.1) is 0 Å². The molecule has 0 spiro atoms. The fraction of sp³-hybridized carbons (Fsp3) is 0.316. The van der Waals surface area contributed by atoms with Crippen LogP contribution in [0.15, 0.2) is 58.3 Å². The molecule has 0 aromatic heterocycles. The Balaban J connectivity index is 0.000000293. The summed E-state index contributed by atoms with van der Waals surface area (Å²) < 4.78 is 5.14. The van der Waals surface area contributed by atoms with E-state index < -0.39 is 11.7 Å². The number of hydrogen-bond acceptors (Lipinski definition) is 5. The number of nitrogens with two attached hydrogens (primary N) is 1. The SMILES string of the molecule is CSc1ccc(N)cc1.CSc1ccc(NC(=O)OC(C)(C)C)cc1. The fourth-order valence-corrected chi connectivity index (χ4v) is 2.52. The predicted molar refractivity (Wildman–Crippen MR) is 111 cm³/mol. The Morgan fingerprint density at radius 1 is 0.920 bits per heavy atom. The Labute approximate surface area is 158 Å². The van der Waals surface area contributed by atoms with Gasteiger partial charge in [-0.25, -0.2) is 4.79 Å². The molecule has 0 fully saturated rings. The average Bonchev–Trinajstić information content (AvgIpc) is 2.55. The Morgan fingerprint density at radius 3 is 1.76 bits per heavy atom. The zero-order chi connectivity index (χ0) is 18.9. The van der Waals surface area contributed by atoms with Crippen LogP contribution in [0.4, 0.5) is 16.2 Å².